The first-order valence-corrected chi connectivity index (χ1v) is 13.1. The largest absolute Gasteiger partial charge is 0.134 e. The number of hydrogen-bond acceptors (Lipinski definition) is 2. The van der Waals surface area contributed by atoms with E-state index in [0.717, 1.165) is 0 Å². The van der Waals surface area contributed by atoms with Gasteiger partial charge in [-0.2, -0.15) is 0 Å². The molecule has 7 aromatic rings. The Morgan fingerprint density at radius 1 is 0.353 bits per heavy atom. The molecule has 2 heterocycles. The maximum absolute atomic E-state index is 2.35. The monoisotopic (exact) mass is 468 g/mol. The summed E-state index contributed by atoms with van der Waals surface area (Å²) >= 11 is 3.85. The topological polar surface area (TPSA) is 0 Å². The predicted molar refractivity (Wildman–Crippen MR) is 151 cm³/mol. The molecule has 0 spiro atoms. The zero-order chi connectivity index (χ0) is 22.5. The van der Waals surface area contributed by atoms with E-state index >= 15 is 0 Å². The van der Waals surface area contributed by atoms with E-state index in [9.17, 15) is 0 Å². The van der Waals surface area contributed by atoms with Crippen molar-refractivity contribution < 1.29 is 0 Å². The molecule has 0 N–H and O–H groups in total. The van der Waals surface area contributed by atoms with Crippen LogP contribution in [-0.2, 0) is 0 Å². The highest BCUT2D eigenvalue weighted by molar-refractivity contribution is 7.36. The van der Waals surface area contributed by atoms with Gasteiger partial charge in [0.15, 0.2) is 0 Å². The normalized spacial score (nSPS) is 11.5. The van der Waals surface area contributed by atoms with Crippen molar-refractivity contribution in [2.75, 3.05) is 0 Å². The summed E-state index contributed by atoms with van der Waals surface area (Å²) in [5, 5.41) is 2.73. The smallest absolute Gasteiger partial charge is 0.0542 e. The van der Waals surface area contributed by atoms with Crippen molar-refractivity contribution in [3.63, 3.8) is 0 Å². The van der Waals surface area contributed by atoms with Gasteiger partial charge in [-0.1, -0.05) is 115 Å². The molecule has 0 saturated carbocycles. The van der Waals surface area contributed by atoms with Gasteiger partial charge in [0.05, 0.1) is 9.40 Å². The summed E-state index contributed by atoms with van der Waals surface area (Å²) in [5.41, 5.74) is 7.65. The van der Waals surface area contributed by atoms with Crippen molar-refractivity contribution in [2.45, 2.75) is 0 Å². The summed E-state index contributed by atoms with van der Waals surface area (Å²) in [5.74, 6) is 0. The SMILES string of the molecule is c1ccc(-c2ccc(-c3cccc4c3sc3c5ccc(-c6ccccc6)cc5sc43)cc2)cc1. The van der Waals surface area contributed by atoms with Crippen molar-refractivity contribution in [1.82, 2.24) is 0 Å². The second kappa shape index (κ2) is 7.95. The van der Waals surface area contributed by atoms with Gasteiger partial charge in [0.1, 0.15) is 0 Å². The Hall–Kier alpha value is -3.72. The Morgan fingerprint density at radius 2 is 0.941 bits per heavy atom. The molecule has 7 rings (SSSR count). The standard InChI is InChI=1S/C32H20S2/c1-3-8-21(9-4-1)23-14-16-24(17-15-23)26-12-7-13-28-30(26)34-31-27-19-18-25(20-29(27)33-32(28)31)22-10-5-2-6-11-22/h1-20H. The molecule has 160 valence electrons. The maximum atomic E-state index is 2.35. The summed E-state index contributed by atoms with van der Waals surface area (Å²) < 4.78 is 5.55. The van der Waals surface area contributed by atoms with Gasteiger partial charge in [-0.3, -0.25) is 0 Å². The third-order valence-corrected chi connectivity index (χ3v) is 9.11. The van der Waals surface area contributed by atoms with Crippen LogP contribution in [0.5, 0.6) is 0 Å². The van der Waals surface area contributed by atoms with Gasteiger partial charge >= 0.3 is 0 Å². The molecular formula is C32H20S2. The zero-order valence-corrected chi connectivity index (χ0v) is 20.0. The lowest BCUT2D eigenvalue weighted by molar-refractivity contribution is 1.61. The Bertz CT molecular complexity index is 1770. The molecule has 2 aromatic heterocycles. The first-order valence-electron chi connectivity index (χ1n) is 11.4. The quantitative estimate of drug-likeness (QED) is 0.242. The lowest BCUT2D eigenvalue weighted by Crippen LogP contribution is -1.80. The number of fused-ring (bicyclic) bond motifs is 5. The van der Waals surface area contributed by atoms with E-state index in [4.69, 9.17) is 0 Å². The van der Waals surface area contributed by atoms with Crippen molar-refractivity contribution in [1.29, 1.82) is 0 Å². The molecular weight excluding hydrogens is 448 g/mol. The fourth-order valence-corrected chi connectivity index (χ4v) is 7.61. The minimum absolute atomic E-state index is 1.25. The fraction of sp³-hybridized carbons (Fsp3) is 0. The minimum atomic E-state index is 1.25. The third kappa shape index (κ3) is 3.19. The molecule has 2 heteroatoms. The van der Waals surface area contributed by atoms with Gasteiger partial charge in [-0.15, -0.1) is 22.7 Å². The predicted octanol–water partition coefficient (Wildman–Crippen LogP) is 10.3. The molecule has 0 amide bonds. The molecule has 0 nitrogen and oxygen atoms in total. The fourth-order valence-electron chi connectivity index (χ4n) is 4.79. The van der Waals surface area contributed by atoms with Gasteiger partial charge in [-0.05, 0) is 39.4 Å². The van der Waals surface area contributed by atoms with E-state index in [0.29, 0.717) is 0 Å². The first kappa shape index (κ1) is 19.7. The van der Waals surface area contributed by atoms with Crippen LogP contribution in [0.4, 0.5) is 0 Å². The molecule has 5 aromatic carbocycles. The molecule has 0 aliphatic carbocycles. The second-order valence-corrected chi connectivity index (χ2v) is 10.6. The van der Waals surface area contributed by atoms with Gasteiger partial charge in [0, 0.05) is 20.2 Å². The molecule has 0 radical (unpaired) electrons. The second-order valence-electron chi connectivity index (χ2n) is 8.56. The number of thiophene rings is 2. The summed E-state index contributed by atoms with van der Waals surface area (Å²) in [4.78, 5) is 0. The van der Waals surface area contributed by atoms with Crippen LogP contribution in [0.25, 0.3) is 63.0 Å². The lowest BCUT2D eigenvalue weighted by Gasteiger charge is -2.06. The van der Waals surface area contributed by atoms with E-state index in [1.54, 1.807) is 0 Å². The van der Waals surface area contributed by atoms with Crippen molar-refractivity contribution >= 4 is 52.2 Å². The van der Waals surface area contributed by atoms with Crippen LogP contribution in [-0.4, -0.2) is 0 Å². The van der Waals surface area contributed by atoms with E-state index in [1.165, 1.54) is 63.0 Å². The molecule has 34 heavy (non-hydrogen) atoms. The number of benzene rings is 5. The van der Waals surface area contributed by atoms with Crippen molar-refractivity contribution in [3.8, 4) is 33.4 Å². The van der Waals surface area contributed by atoms with Gasteiger partial charge in [0.25, 0.3) is 0 Å². The molecule has 0 aliphatic heterocycles. The van der Waals surface area contributed by atoms with Crippen molar-refractivity contribution in [2.24, 2.45) is 0 Å². The Balaban J connectivity index is 1.35. The minimum Gasteiger partial charge on any atom is -0.134 e. The van der Waals surface area contributed by atoms with Crippen LogP contribution < -0.4 is 0 Å². The molecule has 0 bridgehead atoms. The summed E-state index contributed by atoms with van der Waals surface area (Å²) in [7, 11) is 0. The number of rotatable bonds is 3. The van der Waals surface area contributed by atoms with E-state index in [2.05, 4.69) is 121 Å². The highest BCUT2D eigenvalue weighted by atomic mass is 32.1. The molecule has 0 unspecified atom stereocenters. The van der Waals surface area contributed by atoms with Crippen LogP contribution in [0.1, 0.15) is 0 Å². The lowest BCUT2D eigenvalue weighted by atomic mass is 9.99. The Labute approximate surface area is 206 Å². The average molecular weight is 469 g/mol. The molecule has 0 saturated heterocycles. The summed E-state index contributed by atoms with van der Waals surface area (Å²) in [6.45, 7) is 0. The van der Waals surface area contributed by atoms with E-state index in [-0.39, 0.29) is 0 Å². The summed E-state index contributed by atoms with van der Waals surface area (Å²) in [6, 6.07) is 43.9. The van der Waals surface area contributed by atoms with Crippen LogP contribution in [0.15, 0.2) is 121 Å². The molecule has 0 fully saturated rings. The molecule has 0 atom stereocenters. The van der Waals surface area contributed by atoms with Crippen molar-refractivity contribution in [3.05, 3.63) is 121 Å². The zero-order valence-electron chi connectivity index (χ0n) is 18.4. The molecule has 0 aliphatic rings. The summed E-state index contributed by atoms with van der Waals surface area (Å²) in [6.07, 6.45) is 0. The van der Waals surface area contributed by atoms with Crippen LogP contribution in [0, 0.1) is 0 Å². The Morgan fingerprint density at radius 3 is 1.68 bits per heavy atom. The number of hydrogen-bond donors (Lipinski definition) is 0. The van der Waals surface area contributed by atoms with Gasteiger partial charge in [-0.25, -0.2) is 0 Å². The average Bonchev–Trinajstić information content (AvgIpc) is 3.45. The first-order chi connectivity index (χ1) is 16.8. The highest BCUT2D eigenvalue weighted by Crippen LogP contribution is 2.47. The Kier molecular flexibility index (Phi) is 4.61. The van der Waals surface area contributed by atoms with Crippen LogP contribution >= 0.6 is 22.7 Å². The van der Waals surface area contributed by atoms with Crippen LogP contribution in [0.2, 0.25) is 0 Å². The van der Waals surface area contributed by atoms with Gasteiger partial charge in [0.2, 0.25) is 0 Å². The van der Waals surface area contributed by atoms with Gasteiger partial charge < -0.3 is 0 Å². The highest BCUT2D eigenvalue weighted by Gasteiger charge is 2.15. The van der Waals surface area contributed by atoms with Crippen LogP contribution in [0.3, 0.4) is 0 Å². The van der Waals surface area contributed by atoms with E-state index in [1.807, 2.05) is 22.7 Å². The third-order valence-electron chi connectivity index (χ3n) is 6.52. The van der Waals surface area contributed by atoms with E-state index < -0.39 is 0 Å². The maximum Gasteiger partial charge on any atom is 0.0542 e.